The molecule has 0 radical (unpaired) electrons. The number of hydrogen-bond donors (Lipinski definition) is 0. The van der Waals surface area contributed by atoms with Gasteiger partial charge in [-0.05, 0) is 19.1 Å². The molecule has 2 aromatic carbocycles. The lowest BCUT2D eigenvalue weighted by atomic mass is 10.0. The van der Waals surface area contributed by atoms with E-state index in [2.05, 4.69) is 0 Å². The van der Waals surface area contributed by atoms with E-state index in [0.717, 1.165) is 11.1 Å². The molecule has 0 fully saturated rings. The first-order chi connectivity index (χ1) is 8.25. The van der Waals surface area contributed by atoms with Gasteiger partial charge in [-0.1, -0.05) is 42.0 Å². The first-order valence-corrected chi connectivity index (χ1v) is 5.62. The van der Waals surface area contributed by atoms with E-state index in [0.29, 0.717) is 11.3 Å². The summed E-state index contributed by atoms with van der Waals surface area (Å²) in [4.78, 5) is 12.2. The van der Waals surface area contributed by atoms with Crippen molar-refractivity contribution in [3.05, 3.63) is 65.2 Å². The second-order valence-electron chi connectivity index (χ2n) is 4.27. The van der Waals surface area contributed by atoms with Gasteiger partial charge in [0.2, 0.25) is 5.78 Å². The van der Waals surface area contributed by atoms with Crippen molar-refractivity contribution in [3.8, 4) is 5.75 Å². The maximum atomic E-state index is 12.2. The average molecular weight is 224 g/mol. The Balaban J connectivity index is 2.02. The molecule has 0 saturated heterocycles. The zero-order valence-electron chi connectivity index (χ0n) is 9.51. The number of ketones is 1. The van der Waals surface area contributed by atoms with Crippen LogP contribution < -0.4 is 4.74 Å². The van der Waals surface area contributed by atoms with Gasteiger partial charge in [-0.3, -0.25) is 4.79 Å². The molecule has 0 aromatic heterocycles. The van der Waals surface area contributed by atoms with Crippen LogP contribution in [0.15, 0.2) is 48.5 Å². The molecule has 1 atom stereocenters. The summed E-state index contributed by atoms with van der Waals surface area (Å²) < 4.78 is 5.71. The monoisotopic (exact) mass is 224 g/mol. The molecular weight excluding hydrogens is 212 g/mol. The number of benzene rings is 2. The molecule has 0 amide bonds. The van der Waals surface area contributed by atoms with Gasteiger partial charge in [-0.25, -0.2) is 0 Å². The number of rotatable bonds is 1. The quantitative estimate of drug-likeness (QED) is 0.742. The van der Waals surface area contributed by atoms with Gasteiger partial charge in [0, 0.05) is 5.56 Å². The Hall–Kier alpha value is -2.09. The van der Waals surface area contributed by atoms with Gasteiger partial charge in [0.05, 0.1) is 5.56 Å². The van der Waals surface area contributed by atoms with E-state index in [-0.39, 0.29) is 5.78 Å². The first kappa shape index (κ1) is 10.1. The van der Waals surface area contributed by atoms with Gasteiger partial charge in [0.15, 0.2) is 6.10 Å². The second-order valence-corrected chi connectivity index (χ2v) is 4.27. The molecule has 2 nitrogen and oxygen atoms in total. The van der Waals surface area contributed by atoms with Crippen LogP contribution in [-0.4, -0.2) is 5.78 Å². The van der Waals surface area contributed by atoms with Crippen molar-refractivity contribution in [2.24, 2.45) is 0 Å². The minimum atomic E-state index is -0.479. The zero-order valence-corrected chi connectivity index (χ0v) is 9.51. The molecule has 1 heterocycles. The van der Waals surface area contributed by atoms with Crippen LogP contribution in [0.2, 0.25) is 0 Å². The lowest BCUT2D eigenvalue weighted by molar-refractivity contribution is 0.0858. The van der Waals surface area contributed by atoms with Crippen LogP contribution in [-0.2, 0) is 0 Å². The third-order valence-electron chi connectivity index (χ3n) is 2.99. The third-order valence-corrected chi connectivity index (χ3v) is 2.99. The highest BCUT2D eigenvalue weighted by Crippen LogP contribution is 2.36. The van der Waals surface area contributed by atoms with Crippen LogP contribution in [0.3, 0.4) is 0 Å². The van der Waals surface area contributed by atoms with E-state index in [1.54, 1.807) is 0 Å². The van der Waals surface area contributed by atoms with Crippen LogP contribution in [0.1, 0.15) is 27.6 Å². The number of hydrogen-bond acceptors (Lipinski definition) is 2. The maximum Gasteiger partial charge on any atom is 0.211 e. The summed E-state index contributed by atoms with van der Waals surface area (Å²) in [6.45, 7) is 1.98. The summed E-state index contributed by atoms with van der Waals surface area (Å²) in [5, 5.41) is 0. The fourth-order valence-corrected chi connectivity index (χ4v) is 2.11. The molecule has 1 aliphatic heterocycles. The summed E-state index contributed by atoms with van der Waals surface area (Å²) >= 11 is 0. The molecule has 3 rings (SSSR count). The minimum absolute atomic E-state index is 0.0508. The Morgan fingerprint density at radius 2 is 1.82 bits per heavy atom. The third kappa shape index (κ3) is 1.62. The van der Waals surface area contributed by atoms with E-state index in [1.807, 2.05) is 55.5 Å². The smallest absolute Gasteiger partial charge is 0.211 e. The van der Waals surface area contributed by atoms with Crippen molar-refractivity contribution in [3.63, 3.8) is 0 Å². The standard InChI is InChI=1S/C15H12O2/c1-10-7-8-13-12(9-10)14(16)15(17-13)11-5-3-2-4-6-11/h2-9,15H,1H3. The van der Waals surface area contributed by atoms with Crippen molar-refractivity contribution in [1.82, 2.24) is 0 Å². The molecule has 0 bridgehead atoms. The fraction of sp³-hybridized carbons (Fsp3) is 0.133. The molecule has 0 aliphatic carbocycles. The molecule has 1 aliphatic rings. The lowest BCUT2D eigenvalue weighted by Crippen LogP contribution is -2.10. The van der Waals surface area contributed by atoms with Gasteiger partial charge in [-0.2, -0.15) is 0 Å². The first-order valence-electron chi connectivity index (χ1n) is 5.62. The number of Topliss-reactive ketones (excluding diaryl/α,β-unsaturated/α-hetero) is 1. The molecule has 17 heavy (non-hydrogen) atoms. The fourth-order valence-electron chi connectivity index (χ4n) is 2.11. The summed E-state index contributed by atoms with van der Waals surface area (Å²) in [5.74, 6) is 0.740. The van der Waals surface area contributed by atoms with Gasteiger partial charge >= 0.3 is 0 Å². The number of fused-ring (bicyclic) bond motifs is 1. The van der Waals surface area contributed by atoms with Gasteiger partial charge in [-0.15, -0.1) is 0 Å². The van der Waals surface area contributed by atoms with Gasteiger partial charge in [0.25, 0.3) is 0 Å². The number of ether oxygens (including phenoxy) is 1. The molecule has 0 saturated carbocycles. The summed E-state index contributed by atoms with van der Waals surface area (Å²) in [7, 11) is 0. The molecule has 1 unspecified atom stereocenters. The average Bonchev–Trinajstić information content (AvgIpc) is 2.68. The highest BCUT2D eigenvalue weighted by molar-refractivity contribution is 6.05. The predicted octanol–water partition coefficient (Wildman–Crippen LogP) is 3.31. The Bertz CT molecular complexity index is 573. The van der Waals surface area contributed by atoms with Crippen LogP contribution in [0.5, 0.6) is 5.75 Å². The molecular formula is C15H12O2. The van der Waals surface area contributed by atoms with E-state index < -0.39 is 6.10 Å². The van der Waals surface area contributed by atoms with Crippen LogP contribution in [0, 0.1) is 6.92 Å². The van der Waals surface area contributed by atoms with Crippen molar-refractivity contribution < 1.29 is 9.53 Å². The minimum Gasteiger partial charge on any atom is -0.477 e. The normalized spacial score (nSPS) is 17.7. The Kier molecular flexibility index (Phi) is 2.22. The molecule has 84 valence electrons. The summed E-state index contributed by atoms with van der Waals surface area (Å²) in [6, 6.07) is 15.3. The van der Waals surface area contributed by atoms with E-state index >= 15 is 0 Å². The topological polar surface area (TPSA) is 26.3 Å². The SMILES string of the molecule is Cc1ccc2c(c1)C(=O)C(c1ccccc1)O2. The second kappa shape index (κ2) is 3.74. The van der Waals surface area contributed by atoms with E-state index in [1.165, 1.54) is 0 Å². The van der Waals surface area contributed by atoms with Crippen molar-refractivity contribution in [1.29, 1.82) is 0 Å². The highest BCUT2D eigenvalue weighted by Gasteiger charge is 2.33. The van der Waals surface area contributed by atoms with E-state index in [4.69, 9.17) is 4.74 Å². The Morgan fingerprint density at radius 1 is 1.06 bits per heavy atom. The maximum absolute atomic E-state index is 12.2. The number of aryl methyl sites for hydroxylation is 1. The summed E-state index contributed by atoms with van der Waals surface area (Å²) in [6.07, 6.45) is -0.479. The summed E-state index contributed by atoms with van der Waals surface area (Å²) in [5.41, 5.74) is 2.68. The molecule has 2 heteroatoms. The van der Waals surface area contributed by atoms with Crippen molar-refractivity contribution in [2.45, 2.75) is 13.0 Å². The highest BCUT2D eigenvalue weighted by atomic mass is 16.5. The Labute approximate surface area is 99.9 Å². The van der Waals surface area contributed by atoms with Gasteiger partial charge in [0.1, 0.15) is 5.75 Å². The predicted molar refractivity (Wildman–Crippen MR) is 65.3 cm³/mol. The molecule has 0 N–H and O–H groups in total. The number of carbonyl (C=O) groups excluding carboxylic acids is 1. The van der Waals surface area contributed by atoms with E-state index in [9.17, 15) is 4.79 Å². The van der Waals surface area contributed by atoms with Crippen LogP contribution in [0.25, 0.3) is 0 Å². The van der Waals surface area contributed by atoms with Crippen LogP contribution in [0.4, 0.5) is 0 Å². The molecule has 2 aromatic rings. The zero-order chi connectivity index (χ0) is 11.8. The van der Waals surface area contributed by atoms with Crippen LogP contribution >= 0.6 is 0 Å². The van der Waals surface area contributed by atoms with Gasteiger partial charge < -0.3 is 4.74 Å². The molecule has 0 spiro atoms. The Morgan fingerprint density at radius 3 is 2.59 bits per heavy atom. The number of carbonyl (C=O) groups is 1. The largest absolute Gasteiger partial charge is 0.477 e. The lowest BCUT2D eigenvalue weighted by Gasteiger charge is -2.08. The van der Waals surface area contributed by atoms with Crippen molar-refractivity contribution >= 4 is 5.78 Å². The van der Waals surface area contributed by atoms with Crippen molar-refractivity contribution in [2.75, 3.05) is 0 Å².